The monoisotopic (exact) mass is 452 g/mol. The third-order valence-corrected chi connectivity index (χ3v) is 6.40. The topological polar surface area (TPSA) is 108 Å². The average Bonchev–Trinajstić information content (AvgIpc) is 3.34. The second-order valence-electron chi connectivity index (χ2n) is 8.21. The van der Waals surface area contributed by atoms with E-state index in [0.29, 0.717) is 43.3 Å². The lowest BCUT2D eigenvalue weighted by molar-refractivity contribution is -0.133. The van der Waals surface area contributed by atoms with Crippen LogP contribution in [0.3, 0.4) is 0 Å². The summed E-state index contributed by atoms with van der Waals surface area (Å²) >= 11 is 0. The molecule has 1 aromatic heterocycles. The summed E-state index contributed by atoms with van der Waals surface area (Å²) in [6.45, 7) is 7.68. The molecule has 0 spiro atoms. The van der Waals surface area contributed by atoms with Gasteiger partial charge in [-0.05, 0) is 31.5 Å². The van der Waals surface area contributed by atoms with E-state index >= 15 is 0 Å². The van der Waals surface area contributed by atoms with Gasteiger partial charge in [0.2, 0.25) is 0 Å². The Kier molecular flexibility index (Phi) is 6.62. The third kappa shape index (κ3) is 4.55. The van der Waals surface area contributed by atoms with Gasteiger partial charge in [-0.2, -0.15) is 0 Å². The summed E-state index contributed by atoms with van der Waals surface area (Å²) in [5.74, 6) is -3.09. The second kappa shape index (κ2) is 9.60. The van der Waals surface area contributed by atoms with E-state index in [4.69, 9.17) is 4.74 Å². The van der Waals surface area contributed by atoms with Gasteiger partial charge in [0.15, 0.2) is 0 Å². The molecule has 3 heterocycles. The van der Waals surface area contributed by atoms with Gasteiger partial charge in [-0.15, -0.1) is 0 Å². The first-order valence-corrected chi connectivity index (χ1v) is 10.9. The molecule has 4 rings (SSSR count). The van der Waals surface area contributed by atoms with E-state index in [0.717, 1.165) is 18.8 Å². The number of imidazole rings is 1. The van der Waals surface area contributed by atoms with Gasteiger partial charge in [0, 0.05) is 55.7 Å². The summed E-state index contributed by atoms with van der Waals surface area (Å²) in [5.41, 5.74) is 2.81. The van der Waals surface area contributed by atoms with E-state index in [-0.39, 0.29) is 11.1 Å². The van der Waals surface area contributed by atoms with Gasteiger partial charge in [-0.25, -0.2) is 14.6 Å². The Morgan fingerprint density at radius 2 is 1.61 bits per heavy atom. The summed E-state index contributed by atoms with van der Waals surface area (Å²) in [7, 11) is 0. The fraction of sp³-hybridized carbons (Fsp3) is 0.375. The highest BCUT2D eigenvalue weighted by Crippen LogP contribution is 2.42. The lowest BCUT2D eigenvalue weighted by Gasteiger charge is -2.38. The van der Waals surface area contributed by atoms with E-state index in [1.807, 2.05) is 21.6 Å². The summed E-state index contributed by atoms with van der Waals surface area (Å²) in [6.07, 6.45) is 5.15. The molecular weight excluding hydrogens is 424 g/mol. The van der Waals surface area contributed by atoms with Gasteiger partial charge < -0.3 is 24.4 Å². The molecule has 9 nitrogen and oxygen atoms in total. The first kappa shape index (κ1) is 22.8. The number of rotatable bonds is 7. The Labute approximate surface area is 192 Å². The zero-order chi connectivity index (χ0) is 23.5. The zero-order valence-corrected chi connectivity index (χ0v) is 18.8. The first-order valence-electron chi connectivity index (χ1n) is 10.9. The molecule has 0 bridgehead atoms. The normalized spacial score (nSPS) is 18.2. The van der Waals surface area contributed by atoms with Crippen LogP contribution in [0.5, 0.6) is 0 Å². The predicted molar refractivity (Wildman–Crippen MR) is 121 cm³/mol. The molecule has 1 aromatic carbocycles. The Balaban J connectivity index is 1.70. The number of morpholine rings is 1. The molecule has 2 aromatic rings. The maximum Gasteiger partial charge on any atom is 0.334 e. The van der Waals surface area contributed by atoms with Crippen LogP contribution in [0, 0.1) is 0 Å². The lowest BCUT2D eigenvalue weighted by Crippen LogP contribution is -2.42. The lowest BCUT2D eigenvalue weighted by atomic mass is 9.79. The van der Waals surface area contributed by atoms with Gasteiger partial charge in [-0.1, -0.05) is 12.1 Å². The summed E-state index contributed by atoms with van der Waals surface area (Å²) in [5, 5.41) is 20.3. The molecule has 0 aliphatic carbocycles. The number of hydrogen-bond acceptors (Lipinski definition) is 6. The number of aliphatic carboxylic acids is 2. The predicted octanol–water partition coefficient (Wildman–Crippen LogP) is 2.32. The zero-order valence-electron chi connectivity index (χ0n) is 18.8. The summed E-state index contributed by atoms with van der Waals surface area (Å²) < 4.78 is 7.22. The molecular formula is C24H28N4O5. The van der Waals surface area contributed by atoms with Crippen molar-refractivity contribution < 1.29 is 24.5 Å². The van der Waals surface area contributed by atoms with Crippen molar-refractivity contribution in [2.45, 2.75) is 19.8 Å². The minimum Gasteiger partial charge on any atom is -0.478 e. The van der Waals surface area contributed by atoms with E-state index in [2.05, 4.69) is 9.88 Å². The average molecular weight is 453 g/mol. The molecule has 2 aliphatic heterocycles. The number of carboxylic acid groups (broad SMARTS) is 2. The van der Waals surface area contributed by atoms with Crippen molar-refractivity contribution >= 4 is 11.9 Å². The Hall–Kier alpha value is -3.43. The van der Waals surface area contributed by atoms with E-state index in [1.54, 1.807) is 44.7 Å². The molecule has 0 amide bonds. The highest BCUT2D eigenvalue weighted by Gasteiger charge is 2.39. The van der Waals surface area contributed by atoms with Crippen LogP contribution < -0.4 is 0 Å². The van der Waals surface area contributed by atoms with Crippen molar-refractivity contribution in [2.75, 3.05) is 39.4 Å². The maximum absolute atomic E-state index is 12.4. The molecule has 0 radical (unpaired) electrons. The van der Waals surface area contributed by atoms with Crippen molar-refractivity contribution in [3.8, 4) is 5.69 Å². The van der Waals surface area contributed by atoms with E-state index in [9.17, 15) is 19.8 Å². The molecule has 9 heteroatoms. The minimum atomic E-state index is -1.11. The minimum absolute atomic E-state index is 0.0929. The second-order valence-corrected chi connectivity index (χ2v) is 8.21. The van der Waals surface area contributed by atoms with Crippen LogP contribution in [0.15, 0.2) is 65.5 Å². The molecule has 0 saturated carbocycles. The van der Waals surface area contributed by atoms with Crippen LogP contribution in [0.2, 0.25) is 0 Å². The standard InChI is InChI=1S/C24H28N4O5/c1-16-20(23(29)30)22(18-3-5-19(6-4-18)27-8-7-25-15-27)21(24(31)32)17(2)28(16)10-9-26-11-13-33-14-12-26/h3-8,15,22H,9-14H2,1-2H3,(H,29,30)(H,31,32). The molecule has 2 aliphatic rings. The Morgan fingerprint density at radius 3 is 2.12 bits per heavy atom. The van der Waals surface area contributed by atoms with Crippen LogP contribution in [-0.4, -0.2) is 80.9 Å². The fourth-order valence-corrected chi connectivity index (χ4v) is 4.65. The maximum atomic E-state index is 12.4. The number of carbonyl (C=O) groups is 2. The van der Waals surface area contributed by atoms with Crippen molar-refractivity contribution in [2.24, 2.45) is 0 Å². The van der Waals surface area contributed by atoms with Gasteiger partial charge in [-0.3, -0.25) is 4.90 Å². The quantitative estimate of drug-likeness (QED) is 0.659. The summed E-state index contributed by atoms with van der Waals surface area (Å²) in [4.78, 5) is 32.9. The van der Waals surface area contributed by atoms with Crippen LogP contribution in [0.25, 0.3) is 5.69 Å². The number of carboxylic acids is 2. The number of benzene rings is 1. The number of nitrogens with zero attached hydrogens (tertiary/aromatic N) is 4. The molecule has 2 N–H and O–H groups in total. The van der Waals surface area contributed by atoms with E-state index in [1.165, 1.54) is 0 Å². The molecule has 0 atom stereocenters. The van der Waals surface area contributed by atoms with Gasteiger partial charge in [0.25, 0.3) is 0 Å². The van der Waals surface area contributed by atoms with Gasteiger partial charge in [0.1, 0.15) is 0 Å². The molecule has 33 heavy (non-hydrogen) atoms. The van der Waals surface area contributed by atoms with E-state index < -0.39 is 17.9 Å². The molecule has 1 saturated heterocycles. The molecule has 0 unspecified atom stereocenters. The van der Waals surface area contributed by atoms with Crippen LogP contribution in [-0.2, 0) is 14.3 Å². The fourth-order valence-electron chi connectivity index (χ4n) is 4.65. The summed E-state index contributed by atoms with van der Waals surface area (Å²) in [6, 6.07) is 7.25. The first-order chi connectivity index (χ1) is 15.9. The van der Waals surface area contributed by atoms with Crippen molar-refractivity contribution in [3.05, 3.63) is 71.1 Å². The van der Waals surface area contributed by atoms with Crippen LogP contribution in [0.4, 0.5) is 0 Å². The SMILES string of the molecule is CC1=C(C(=O)O)C(c2ccc(-n3ccnc3)cc2)C(C(=O)O)=C(C)N1CCN1CCOCC1. The highest BCUT2D eigenvalue weighted by molar-refractivity contribution is 5.98. The number of hydrogen-bond donors (Lipinski definition) is 2. The number of allylic oxidation sites excluding steroid dienone is 2. The van der Waals surface area contributed by atoms with Crippen molar-refractivity contribution in [3.63, 3.8) is 0 Å². The highest BCUT2D eigenvalue weighted by atomic mass is 16.5. The largest absolute Gasteiger partial charge is 0.478 e. The van der Waals surface area contributed by atoms with Crippen LogP contribution in [0.1, 0.15) is 25.3 Å². The third-order valence-electron chi connectivity index (χ3n) is 6.40. The van der Waals surface area contributed by atoms with Gasteiger partial charge in [0.05, 0.1) is 36.6 Å². The number of ether oxygens (including phenoxy) is 1. The van der Waals surface area contributed by atoms with Crippen molar-refractivity contribution in [1.29, 1.82) is 0 Å². The molecule has 174 valence electrons. The smallest absolute Gasteiger partial charge is 0.334 e. The number of aromatic nitrogens is 2. The van der Waals surface area contributed by atoms with Gasteiger partial charge >= 0.3 is 11.9 Å². The Bertz CT molecular complexity index is 1040. The Morgan fingerprint density at radius 1 is 1.00 bits per heavy atom. The van der Waals surface area contributed by atoms with Crippen molar-refractivity contribution in [1.82, 2.24) is 19.4 Å². The molecule has 1 fully saturated rings. The van der Waals surface area contributed by atoms with Crippen LogP contribution >= 0.6 is 0 Å².